The van der Waals surface area contributed by atoms with Crippen LogP contribution in [0.1, 0.15) is 22.8 Å². The summed E-state index contributed by atoms with van der Waals surface area (Å²) in [5.74, 6) is 0.281. The third kappa shape index (κ3) is 5.31. The second-order valence-corrected chi connectivity index (χ2v) is 7.17. The summed E-state index contributed by atoms with van der Waals surface area (Å²) < 4.78 is 44.7. The molecule has 10 nitrogen and oxygen atoms in total. The van der Waals surface area contributed by atoms with Crippen LogP contribution >= 0.6 is 0 Å². The van der Waals surface area contributed by atoms with Crippen molar-refractivity contribution in [1.29, 1.82) is 0 Å². The van der Waals surface area contributed by atoms with Crippen LogP contribution < -0.4 is 15.1 Å². The normalized spacial score (nSPS) is 12.1. The fourth-order valence-corrected chi connectivity index (χ4v) is 3.14. The number of halogens is 3. The van der Waals surface area contributed by atoms with Crippen LogP contribution in [0.5, 0.6) is 0 Å². The Morgan fingerprint density at radius 1 is 1.12 bits per heavy atom. The Morgan fingerprint density at radius 2 is 1.82 bits per heavy atom. The van der Waals surface area contributed by atoms with Gasteiger partial charge in [0.1, 0.15) is 6.33 Å². The standard InChI is InChI=1S/C21H17F3N8O2/c1-12-19(13(2)28-11-27-12)14-7-25-17(26-8-14)9-32-10-18(34-31-32)30-20(33)29-16-5-3-4-15(6-16)21(22,23)24/h3-8,10-11H,9H2,1-2H3,(H-,29,30,31,33). The molecule has 4 aromatic rings. The second-order valence-electron chi connectivity index (χ2n) is 7.17. The molecule has 0 bridgehead atoms. The van der Waals surface area contributed by atoms with E-state index in [0.717, 1.165) is 34.6 Å². The predicted octanol–water partition coefficient (Wildman–Crippen LogP) is 2.35. The number of nitrogens with one attached hydrogen (secondary N) is 1. The van der Waals surface area contributed by atoms with Crippen LogP contribution in [0.4, 0.5) is 24.7 Å². The molecule has 0 aliphatic heterocycles. The molecular formula is C21H17F3N8O2. The highest BCUT2D eigenvalue weighted by atomic mass is 19.4. The summed E-state index contributed by atoms with van der Waals surface area (Å²) >= 11 is 0. The first kappa shape index (κ1) is 22.8. The zero-order chi connectivity index (χ0) is 24.3. The number of benzene rings is 1. The average molecular weight is 470 g/mol. The average Bonchev–Trinajstić information content (AvgIpc) is 3.21. The Bertz CT molecular complexity index is 1320. The Morgan fingerprint density at radius 3 is 2.50 bits per heavy atom. The molecule has 0 aliphatic carbocycles. The molecule has 1 aromatic carbocycles. The zero-order valence-corrected chi connectivity index (χ0v) is 17.9. The molecule has 174 valence electrons. The van der Waals surface area contributed by atoms with E-state index < -0.39 is 17.8 Å². The highest BCUT2D eigenvalue weighted by Crippen LogP contribution is 2.30. The molecular weight excluding hydrogens is 453 g/mol. The van der Waals surface area contributed by atoms with Crippen molar-refractivity contribution < 1.29 is 27.5 Å². The summed E-state index contributed by atoms with van der Waals surface area (Å²) in [4.78, 5) is 20.7. The van der Waals surface area contributed by atoms with E-state index in [1.807, 2.05) is 13.8 Å². The Hall–Kier alpha value is -4.42. The number of amidine groups is 1. The van der Waals surface area contributed by atoms with Gasteiger partial charge in [0, 0.05) is 40.6 Å². The Balaban J connectivity index is 1.43. The van der Waals surface area contributed by atoms with Crippen molar-refractivity contribution in [1.82, 2.24) is 25.2 Å². The van der Waals surface area contributed by atoms with Crippen LogP contribution in [-0.2, 0) is 12.7 Å². The van der Waals surface area contributed by atoms with Crippen molar-refractivity contribution in [2.24, 2.45) is 4.99 Å². The van der Waals surface area contributed by atoms with Crippen molar-refractivity contribution >= 4 is 17.6 Å². The number of nitrogens with zero attached hydrogens (tertiary/aromatic N) is 7. The van der Waals surface area contributed by atoms with E-state index >= 15 is 0 Å². The maximum atomic E-state index is 12.8. The summed E-state index contributed by atoms with van der Waals surface area (Å²) in [6.45, 7) is 3.88. The number of aryl methyl sites for hydroxylation is 2. The molecule has 3 aromatic heterocycles. The number of rotatable bonds is 5. The molecule has 0 unspecified atom stereocenters. The van der Waals surface area contributed by atoms with E-state index in [1.165, 1.54) is 29.3 Å². The van der Waals surface area contributed by atoms with Crippen LogP contribution in [0.3, 0.4) is 0 Å². The minimum Gasteiger partial charge on any atom is -0.846 e. The van der Waals surface area contributed by atoms with Gasteiger partial charge in [0.2, 0.25) is 11.8 Å². The monoisotopic (exact) mass is 470 g/mol. The molecule has 0 spiro atoms. The Labute approximate surface area is 190 Å². The molecule has 3 heterocycles. The third-order valence-electron chi connectivity index (χ3n) is 4.68. The fourth-order valence-electron chi connectivity index (χ4n) is 3.14. The summed E-state index contributed by atoms with van der Waals surface area (Å²) in [5, 5.41) is 18.0. The minimum absolute atomic E-state index is 0.0567. The van der Waals surface area contributed by atoms with E-state index in [9.17, 15) is 18.3 Å². The largest absolute Gasteiger partial charge is 0.846 e. The van der Waals surface area contributed by atoms with Gasteiger partial charge in [-0.05, 0) is 36.7 Å². The van der Waals surface area contributed by atoms with Gasteiger partial charge in [0.15, 0.2) is 5.82 Å². The molecule has 34 heavy (non-hydrogen) atoms. The first-order valence-electron chi connectivity index (χ1n) is 9.85. The quantitative estimate of drug-likeness (QED) is 0.267. The molecule has 0 fully saturated rings. The van der Waals surface area contributed by atoms with E-state index in [-0.39, 0.29) is 18.1 Å². The first-order valence-corrected chi connectivity index (χ1v) is 9.85. The number of aliphatic imine (C=N–C) groups is 1. The molecule has 1 N–H and O–H groups in total. The van der Waals surface area contributed by atoms with Crippen molar-refractivity contribution in [3.63, 3.8) is 0 Å². The van der Waals surface area contributed by atoms with Gasteiger partial charge in [-0.25, -0.2) is 24.9 Å². The number of aromatic nitrogens is 6. The lowest BCUT2D eigenvalue weighted by Gasteiger charge is -2.14. The lowest BCUT2D eigenvalue weighted by atomic mass is 10.1. The molecule has 0 saturated heterocycles. The highest BCUT2D eigenvalue weighted by Gasteiger charge is 2.30. The van der Waals surface area contributed by atoms with E-state index in [4.69, 9.17) is 4.52 Å². The van der Waals surface area contributed by atoms with Crippen molar-refractivity contribution in [3.05, 3.63) is 72.0 Å². The molecule has 0 saturated carbocycles. The molecule has 0 amide bonds. The minimum atomic E-state index is -4.53. The van der Waals surface area contributed by atoms with Crippen LogP contribution in [0, 0.1) is 13.8 Å². The van der Waals surface area contributed by atoms with Crippen LogP contribution in [0.15, 0.2) is 58.7 Å². The van der Waals surface area contributed by atoms with Gasteiger partial charge >= 0.3 is 12.1 Å². The van der Waals surface area contributed by atoms with Crippen LogP contribution in [0.25, 0.3) is 11.1 Å². The van der Waals surface area contributed by atoms with Crippen molar-refractivity contribution in [2.45, 2.75) is 26.6 Å². The van der Waals surface area contributed by atoms with Gasteiger partial charge in [-0.1, -0.05) is 6.07 Å². The van der Waals surface area contributed by atoms with Gasteiger partial charge in [0.05, 0.1) is 11.6 Å². The smallest absolute Gasteiger partial charge is 0.416 e. The molecule has 0 atom stereocenters. The number of anilines is 1. The maximum Gasteiger partial charge on any atom is 0.416 e. The summed E-state index contributed by atoms with van der Waals surface area (Å²) in [5.41, 5.74) is 2.30. The van der Waals surface area contributed by atoms with Gasteiger partial charge < -0.3 is 10.4 Å². The number of hydrogen-bond donors (Lipinski definition) is 1. The number of alkyl halides is 3. The highest BCUT2D eigenvalue weighted by molar-refractivity contribution is 5.87. The van der Waals surface area contributed by atoms with Crippen LogP contribution in [0.2, 0.25) is 0 Å². The van der Waals surface area contributed by atoms with E-state index in [1.54, 1.807) is 12.4 Å². The predicted molar refractivity (Wildman–Crippen MR) is 110 cm³/mol. The molecule has 0 radical (unpaired) electrons. The lowest BCUT2D eigenvalue weighted by Crippen LogP contribution is -2.36. The fraction of sp³-hybridized carbons (Fsp3) is 0.190. The van der Waals surface area contributed by atoms with Gasteiger partial charge in [-0.15, -0.1) is 0 Å². The first-order chi connectivity index (χ1) is 16.2. The topological polar surface area (TPSA) is 129 Å². The van der Waals surface area contributed by atoms with Crippen molar-refractivity contribution in [2.75, 3.05) is 5.32 Å². The van der Waals surface area contributed by atoms with Gasteiger partial charge in [-0.2, -0.15) is 13.2 Å². The second kappa shape index (κ2) is 9.21. The third-order valence-corrected chi connectivity index (χ3v) is 4.68. The van der Waals surface area contributed by atoms with E-state index in [0.29, 0.717) is 5.82 Å². The van der Waals surface area contributed by atoms with Gasteiger partial charge in [-0.3, -0.25) is 4.52 Å². The van der Waals surface area contributed by atoms with Crippen molar-refractivity contribution in [3.8, 4) is 11.1 Å². The Kier molecular flexibility index (Phi) is 6.17. The number of hydrogen-bond acceptors (Lipinski definition) is 8. The zero-order valence-electron chi connectivity index (χ0n) is 17.9. The summed E-state index contributed by atoms with van der Waals surface area (Å²) in [7, 11) is 0. The SMILES string of the molecule is Cc1ncnc(C)c1-c1cnc(C[n+]2cc(/N=C(\[O-])Nc3cccc(C(F)(F)F)c3)on2)nc1. The van der Waals surface area contributed by atoms with E-state index in [2.05, 4.69) is 35.5 Å². The molecule has 0 aliphatic rings. The maximum absolute atomic E-state index is 12.8. The van der Waals surface area contributed by atoms with Gasteiger partial charge in [0.25, 0.3) is 6.20 Å². The van der Waals surface area contributed by atoms with Crippen LogP contribution in [-0.4, -0.2) is 31.2 Å². The summed E-state index contributed by atoms with van der Waals surface area (Å²) in [6.07, 6.45) is 1.60. The molecule has 13 heteroatoms. The lowest BCUT2D eigenvalue weighted by molar-refractivity contribution is -0.755. The summed E-state index contributed by atoms with van der Waals surface area (Å²) in [6, 6.07) is 3.28. The molecule has 4 rings (SSSR count).